The monoisotopic (exact) mass is 224 g/mol. The van der Waals surface area contributed by atoms with Crippen LogP contribution in [0.3, 0.4) is 0 Å². The van der Waals surface area contributed by atoms with Crippen molar-refractivity contribution in [2.45, 2.75) is 20.3 Å². The van der Waals surface area contributed by atoms with Gasteiger partial charge in [-0.15, -0.1) is 11.3 Å². The van der Waals surface area contributed by atoms with Gasteiger partial charge in [0.1, 0.15) is 0 Å². The molecule has 0 spiro atoms. The molecule has 0 aliphatic rings. The number of ether oxygens (including phenoxy) is 1. The van der Waals surface area contributed by atoms with Gasteiger partial charge < -0.3 is 4.74 Å². The minimum atomic E-state index is -0.200. The van der Waals surface area contributed by atoms with Crippen LogP contribution in [0.25, 0.3) is 4.96 Å². The number of aromatic nitrogens is 2. The molecule has 0 saturated carbocycles. The van der Waals surface area contributed by atoms with Crippen molar-refractivity contribution >= 4 is 22.3 Å². The Labute approximate surface area is 91.5 Å². The Morgan fingerprint density at radius 1 is 1.67 bits per heavy atom. The van der Waals surface area contributed by atoms with Crippen LogP contribution in [-0.2, 0) is 16.0 Å². The molecular weight excluding hydrogens is 212 g/mol. The molecule has 2 rings (SSSR count). The van der Waals surface area contributed by atoms with E-state index in [1.807, 2.05) is 22.9 Å². The Balaban J connectivity index is 2.29. The summed E-state index contributed by atoms with van der Waals surface area (Å²) < 4.78 is 6.86. The molecule has 4 nitrogen and oxygen atoms in total. The van der Waals surface area contributed by atoms with E-state index in [1.165, 1.54) is 0 Å². The first-order valence-corrected chi connectivity index (χ1v) is 5.67. The SMILES string of the molecule is CCOC(=O)Cc1c(C)nc2sccn12. The predicted molar refractivity (Wildman–Crippen MR) is 58.1 cm³/mol. The molecule has 0 bridgehead atoms. The maximum absolute atomic E-state index is 11.4. The predicted octanol–water partition coefficient (Wildman–Crippen LogP) is 1.81. The summed E-state index contributed by atoms with van der Waals surface area (Å²) in [6, 6.07) is 0. The second-order valence-electron chi connectivity index (χ2n) is 3.18. The largest absolute Gasteiger partial charge is 0.466 e. The molecule has 0 fully saturated rings. The van der Waals surface area contributed by atoms with Crippen molar-refractivity contribution in [1.82, 2.24) is 9.38 Å². The first kappa shape index (κ1) is 10.2. The highest BCUT2D eigenvalue weighted by atomic mass is 32.1. The van der Waals surface area contributed by atoms with E-state index in [1.54, 1.807) is 18.3 Å². The number of rotatable bonds is 3. The van der Waals surface area contributed by atoms with E-state index in [0.717, 1.165) is 16.3 Å². The number of hydrogen-bond donors (Lipinski definition) is 0. The first-order valence-electron chi connectivity index (χ1n) is 4.79. The van der Waals surface area contributed by atoms with Gasteiger partial charge in [0.05, 0.1) is 24.4 Å². The van der Waals surface area contributed by atoms with Crippen LogP contribution in [0.15, 0.2) is 11.6 Å². The summed E-state index contributed by atoms with van der Waals surface area (Å²) in [6.45, 7) is 4.14. The van der Waals surface area contributed by atoms with Crippen molar-refractivity contribution in [2.24, 2.45) is 0 Å². The highest BCUT2D eigenvalue weighted by molar-refractivity contribution is 7.15. The summed E-state index contributed by atoms with van der Waals surface area (Å²) >= 11 is 1.56. The summed E-state index contributed by atoms with van der Waals surface area (Å²) in [5.41, 5.74) is 1.82. The molecule has 0 N–H and O–H groups in total. The molecule has 0 aromatic carbocycles. The topological polar surface area (TPSA) is 43.6 Å². The van der Waals surface area contributed by atoms with Gasteiger partial charge in [-0.1, -0.05) is 0 Å². The summed E-state index contributed by atoms with van der Waals surface area (Å²) in [5, 5.41) is 1.95. The Morgan fingerprint density at radius 2 is 2.47 bits per heavy atom. The van der Waals surface area contributed by atoms with Gasteiger partial charge in [0.25, 0.3) is 0 Å². The zero-order valence-electron chi connectivity index (χ0n) is 8.69. The molecule has 0 unspecified atom stereocenters. The van der Waals surface area contributed by atoms with Gasteiger partial charge in [-0.3, -0.25) is 9.20 Å². The third-order valence-corrected chi connectivity index (χ3v) is 2.93. The molecule has 0 atom stereocenters. The zero-order chi connectivity index (χ0) is 10.8. The lowest BCUT2D eigenvalue weighted by molar-refractivity contribution is -0.142. The van der Waals surface area contributed by atoms with Crippen LogP contribution in [0.1, 0.15) is 18.3 Å². The Morgan fingerprint density at radius 3 is 3.20 bits per heavy atom. The number of hydrogen-bond acceptors (Lipinski definition) is 4. The van der Waals surface area contributed by atoms with Crippen molar-refractivity contribution in [3.63, 3.8) is 0 Å². The standard InChI is InChI=1S/C10H12N2O2S/c1-3-14-9(13)6-8-7(2)11-10-12(8)4-5-15-10/h4-5H,3,6H2,1-2H3. The van der Waals surface area contributed by atoms with Gasteiger partial charge in [-0.05, 0) is 13.8 Å². The Kier molecular flexibility index (Phi) is 2.73. The van der Waals surface area contributed by atoms with E-state index in [4.69, 9.17) is 4.74 Å². The quantitative estimate of drug-likeness (QED) is 0.747. The summed E-state index contributed by atoms with van der Waals surface area (Å²) in [5.74, 6) is -0.200. The molecule has 2 aromatic rings. The zero-order valence-corrected chi connectivity index (χ0v) is 9.50. The molecule has 15 heavy (non-hydrogen) atoms. The number of thiazole rings is 1. The molecule has 0 amide bonds. The van der Waals surface area contributed by atoms with Gasteiger partial charge in [0.15, 0.2) is 4.96 Å². The average Bonchev–Trinajstić information content (AvgIpc) is 2.71. The summed E-state index contributed by atoms with van der Waals surface area (Å²) in [4.78, 5) is 16.7. The molecule has 2 aromatic heterocycles. The highest BCUT2D eigenvalue weighted by Crippen LogP contribution is 2.17. The fraction of sp³-hybridized carbons (Fsp3) is 0.400. The average molecular weight is 224 g/mol. The highest BCUT2D eigenvalue weighted by Gasteiger charge is 2.13. The molecule has 0 aliphatic carbocycles. The van der Waals surface area contributed by atoms with Crippen molar-refractivity contribution in [1.29, 1.82) is 0 Å². The first-order chi connectivity index (χ1) is 7.22. The van der Waals surface area contributed by atoms with Crippen LogP contribution < -0.4 is 0 Å². The van der Waals surface area contributed by atoms with Crippen LogP contribution in [0, 0.1) is 6.92 Å². The van der Waals surface area contributed by atoms with Gasteiger partial charge >= 0.3 is 5.97 Å². The van der Waals surface area contributed by atoms with Crippen LogP contribution >= 0.6 is 11.3 Å². The number of imidazole rings is 1. The summed E-state index contributed by atoms with van der Waals surface area (Å²) in [6.07, 6.45) is 2.21. The summed E-state index contributed by atoms with van der Waals surface area (Å²) in [7, 11) is 0. The minimum Gasteiger partial charge on any atom is -0.466 e. The third-order valence-electron chi connectivity index (χ3n) is 2.18. The number of carbonyl (C=O) groups is 1. The van der Waals surface area contributed by atoms with Crippen molar-refractivity contribution in [2.75, 3.05) is 6.61 Å². The second-order valence-corrected chi connectivity index (χ2v) is 4.05. The normalized spacial score (nSPS) is 10.8. The smallest absolute Gasteiger partial charge is 0.311 e. The molecule has 0 radical (unpaired) electrons. The van der Waals surface area contributed by atoms with Crippen molar-refractivity contribution in [3.05, 3.63) is 23.0 Å². The van der Waals surface area contributed by atoms with Crippen LogP contribution in [0.5, 0.6) is 0 Å². The Hall–Kier alpha value is -1.36. The maximum atomic E-state index is 11.4. The van der Waals surface area contributed by atoms with Gasteiger partial charge in [0.2, 0.25) is 0 Å². The lowest BCUT2D eigenvalue weighted by atomic mass is 10.2. The van der Waals surface area contributed by atoms with Crippen molar-refractivity contribution < 1.29 is 9.53 Å². The number of carbonyl (C=O) groups excluding carboxylic acids is 1. The molecule has 0 saturated heterocycles. The minimum absolute atomic E-state index is 0.200. The fourth-order valence-electron chi connectivity index (χ4n) is 1.50. The van der Waals surface area contributed by atoms with E-state index in [9.17, 15) is 4.79 Å². The number of aryl methyl sites for hydroxylation is 1. The fourth-order valence-corrected chi connectivity index (χ4v) is 2.28. The Bertz CT molecular complexity index is 487. The molecule has 2 heterocycles. The van der Waals surface area contributed by atoms with Crippen LogP contribution in [0.2, 0.25) is 0 Å². The van der Waals surface area contributed by atoms with Gasteiger partial charge in [-0.25, -0.2) is 4.98 Å². The molecule has 80 valence electrons. The number of nitrogens with zero attached hydrogens (tertiary/aromatic N) is 2. The van der Waals surface area contributed by atoms with E-state index in [0.29, 0.717) is 6.61 Å². The third kappa shape index (κ3) is 1.87. The van der Waals surface area contributed by atoms with Crippen molar-refractivity contribution in [3.8, 4) is 0 Å². The van der Waals surface area contributed by atoms with Gasteiger partial charge in [-0.2, -0.15) is 0 Å². The number of fused-ring (bicyclic) bond motifs is 1. The van der Waals surface area contributed by atoms with Crippen LogP contribution in [0.4, 0.5) is 0 Å². The van der Waals surface area contributed by atoms with E-state index >= 15 is 0 Å². The van der Waals surface area contributed by atoms with Gasteiger partial charge in [0, 0.05) is 11.6 Å². The number of esters is 1. The second kappa shape index (κ2) is 4.02. The van der Waals surface area contributed by atoms with E-state index < -0.39 is 0 Å². The molecule has 0 aliphatic heterocycles. The lowest BCUT2D eigenvalue weighted by Gasteiger charge is -2.01. The van der Waals surface area contributed by atoms with E-state index in [-0.39, 0.29) is 12.4 Å². The molecular formula is C10H12N2O2S. The molecule has 5 heteroatoms. The lowest BCUT2D eigenvalue weighted by Crippen LogP contribution is -2.09. The van der Waals surface area contributed by atoms with E-state index in [2.05, 4.69) is 4.98 Å². The maximum Gasteiger partial charge on any atom is 0.311 e. The van der Waals surface area contributed by atoms with Crippen LogP contribution in [-0.4, -0.2) is 22.0 Å².